The maximum absolute atomic E-state index is 9.05. The average Bonchev–Trinajstić information content (AvgIpc) is 3.09. The number of anilines is 3. The summed E-state index contributed by atoms with van der Waals surface area (Å²) in [5.74, 6) is 2.09. The largest absolute Gasteiger partial charge is 0.480 e. The summed E-state index contributed by atoms with van der Waals surface area (Å²) in [6.45, 7) is 1.61. The molecule has 4 rings (SSSR count). The molecule has 1 aliphatic rings. The van der Waals surface area contributed by atoms with Gasteiger partial charge in [-0.2, -0.15) is 10.2 Å². The van der Waals surface area contributed by atoms with Gasteiger partial charge >= 0.3 is 0 Å². The van der Waals surface area contributed by atoms with Crippen LogP contribution in [0.4, 0.5) is 17.6 Å². The van der Waals surface area contributed by atoms with Crippen LogP contribution in [0.5, 0.6) is 5.88 Å². The van der Waals surface area contributed by atoms with Gasteiger partial charge in [0.2, 0.25) is 11.8 Å². The van der Waals surface area contributed by atoms with Gasteiger partial charge < -0.3 is 20.7 Å². The van der Waals surface area contributed by atoms with Gasteiger partial charge in [0, 0.05) is 31.5 Å². The fourth-order valence-corrected chi connectivity index (χ4v) is 3.29. The SMILES string of the molecule is COc1nc(NC2CCCN(c3nccn4c(N)cnc34)C2)ncc1C#N. The quantitative estimate of drug-likeness (QED) is 0.697. The Bertz CT molecular complexity index is 1010. The molecule has 3 aromatic rings. The molecule has 138 valence electrons. The van der Waals surface area contributed by atoms with Gasteiger partial charge in [-0.05, 0) is 12.8 Å². The van der Waals surface area contributed by atoms with Gasteiger partial charge in [0.05, 0.1) is 19.5 Å². The van der Waals surface area contributed by atoms with Gasteiger partial charge in [0.15, 0.2) is 11.5 Å². The lowest BCUT2D eigenvalue weighted by Gasteiger charge is -2.34. The van der Waals surface area contributed by atoms with Gasteiger partial charge in [0.25, 0.3) is 0 Å². The highest BCUT2D eigenvalue weighted by Crippen LogP contribution is 2.24. The maximum Gasteiger partial charge on any atom is 0.236 e. The Morgan fingerprint density at radius 2 is 2.22 bits per heavy atom. The minimum atomic E-state index is 0.130. The summed E-state index contributed by atoms with van der Waals surface area (Å²) in [5.41, 5.74) is 6.99. The number of fused-ring (bicyclic) bond motifs is 1. The molecule has 10 nitrogen and oxygen atoms in total. The van der Waals surface area contributed by atoms with Crippen molar-refractivity contribution in [3.05, 3.63) is 30.4 Å². The first-order valence-corrected chi connectivity index (χ1v) is 8.59. The zero-order chi connectivity index (χ0) is 18.8. The smallest absolute Gasteiger partial charge is 0.236 e. The second kappa shape index (κ2) is 6.95. The lowest BCUT2D eigenvalue weighted by atomic mass is 10.1. The zero-order valence-corrected chi connectivity index (χ0v) is 14.8. The van der Waals surface area contributed by atoms with E-state index in [1.807, 2.05) is 10.5 Å². The molecule has 10 heteroatoms. The highest BCUT2D eigenvalue weighted by molar-refractivity contribution is 5.67. The lowest BCUT2D eigenvalue weighted by Crippen LogP contribution is -2.43. The first-order valence-electron chi connectivity index (χ1n) is 8.59. The van der Waals surface area contributed by atoms with E-state index in [1.54, 1.807) is 18.6 Å². The second-order valence-electron chi connectivity index (χ2n) is 6.29. The topological polar surface area (TPSA) is 130 Å². The number of rotatable bonds is 4. The summed E-state index contributed by atoms with van der Waals surface area (Å²) >= 11 is 0. The van der Waals surface area contributed by atoms with Crippen LogP contribution in [0.15, 0.2) is 24.8 Å². The van der Waals surface area contributed by atoms with Crippen molar-refractivity contribution >= 4 is 23.2 Å². The van der Waals surface area contributed by atoms with E-state index in [0.717, 1.165) is 37.4 Å². The van der Waals surface area contributed by atoms with Crippen LogP contribution in [-0.4, -0.2) is 50.6 Å². The molecule has 0 amide bonds. The van der Waals surface area contributed by atoms with E-state index in [2.05, 4.69) is 30.2 Å². The Balaban J connectivity index is 1.54. The molecule has 3 N–H and O–H groups in total. The number of nitriles is 1. The Morgan fingerprint density at radius 3 is 3.04 bits per heavy atom. The van der Waals surface area contributed by atoms with E-state index >= 15 is 0 Å². The van der Waals surface area contributed by atoms with Gasteiger partial charge in [0.1, 0.15) is 17.5 Å². The van der Waals surface area contributed by atoms with Crippen LogP contribution in [0, 0.1) is 11.3 Å². The van der Waals surface area contributed by atoms with Gasteiger partial charge in [-0.25, -0.2) is 15.0 Å². The van der Waals surface area contributed by atoms with E-state index in [0.29, 0.717) is 17.3 Å². The summed E-state index contributed by atoms with van der Waals surface area (Å²) in [6, 6.07) is 2.14. The third-order valence-electron chi connectivity index (χ3n) is 4.56. The van der Waals surface area contributed by atoms with Crippen LogP contribution < -0.4 is 20.7 Å². The minimum Gasteiger partial charge on any atom is -0.480 e. The molecule has 0 radical (unpaired) electrons. The molecular weight excluding hydrogens is 346 g/mol. The number of nitrogens with two attached hydrogens (primary N) is 1. The van der Waals surface area contributed by atoms with Gasteiger partial charge in [-0.1, -0.05) is 0 Å². The third-order valence-corrected chi connectivity index (χ3v) is 4.56. The number of nitrogen functional groups attached to an aromatic ring is 1. The third kappa shape index (κ3) is 3.15. The predicted octanol–water partition coefficient (Wildman–Crippen LogP) is 1.06. The Kier molecular flexibility index (Phi) is 4.33. The number of nitrogens with one attached hydrogen (secondary N) is 1. The van der Waals surface area contributed by atoms with Crippen LogP contribution in [0.2, 0.25) is 0 Å². The number of piperidine rings is 1. The number of nitrogens with zero attached hydrogens (tertiary/aromatic N) is 7. The predicted molar refractivity (Wildman–Crippen MR) is 99.6 cm³/mol. The summed E-state index contributed by atoms with van der Waals surface area (Å²) in [7, 11) is 1.48. The van der Waals surface area contributed by atoms with Crippen molar-refractivity contribution in [1.82, 2.24) is 24.3 Å². The Labute approximate surface area is 155 Å². The Hall–Kier alpha value is -3.61. The highest BCUT2D eigenvalue weighted by Gasteiger charge is 2.24. The van der Waals surface area contributed by atoms with Crippen LogP contribution in [0.1, 0.15) is 18.4 Å². The van der Waals surface area contributed by atoms with Crippen molar-refractivity contribution in [1.29, 1.82) is 5.26 Å². The molecule has 1 aliphatic heterocycles. The fourth-order valence-electron chi connectivity index (χ4n) is 3.29. The maximum atomic E-state index is 9.05. The number of hydrogen-bond donors (Lipinski definition) is 2. The molecule has 0 bridgehead atoms. The molecule has 1 saturated heterocycles. The van der Waals surface area contributed by atoms with Crippen molar-refractivity contribution in [2.75, 3.05) is 36.1 Å². The van der Waals surface area contributed by atoms with E-state index < -0.39 is 0 Å². The molecule has 1 fully saturated rings. The van der Waals surface area contributed by atoms with Crippen molar-refractivity contribution in [3.63, 3.8) is 0 Å². The van der Waals surface area contributed by atoms with Crippen LogP contribution >= 0.6 is 0 Å². The highest BCUT2D eigenvalue weighted by atomic mass is 16.5. The number of methoxy groups -OCH3 is 1. The first kappa shape index (κ1) is 16.8. The molecule has 1 unspecified atom stereocenters. The van der Waals surface area contributed by atoms with E-state index in [4.69, 9.17) is 15.7 Å². The van der Waals surface area contributed by atoms with E-state index in [1.165, 1.54) is 13.3 Å². The lowest BCUT2D eigenvalue weighted by molar-refractivity contribution is 0.395. The van der Waals surface area contributed by atoms with Crippen LogP contribution in [0.25, 0.3) is 5.65 Å². The Morgan fingerprint density at radius 1 is 1.33 bits per heavy atom. The molecule has 1 atom stereocenters. The van der Waals surface area contributed by atoms with Gasteiger partial charge in [-0.15, -0.1) is 0 Å². The van der Waals surface area contributed by atoms with Gasteiger partial charge in [-0.3, -0.25) is 4.40 Å². The molecule has 0 aliphatic carbocycles. The fraction of sp³-hybridized carbons (Fsp3) is 0.353. The van der Waals surface area contributed by atoms with E-state index in [9.17, 15) is 0 Å². The minimum absolute atomic E-state index is 0.130. The molecule has 0 aromatic carbocycles. The summed E-state index contributed by atoms with van der Waals surface area (Å²) < 4.78 is 6.98. The first-order chi connectivity index (χ1) is 13.2. The second-order valence-corrected chi connectivity index (χ2v) is 6.29. The molecule has 4 heterocycles. The van der Waals surface area contributed by atoms with Crippen molar-refractivity contribution in [3.8, 4) is 11.9 Å². The van der Waals surface area contributed by atoms with Crippen LogP contribution in [-0.2, 0) is 0 Å². The summed E-state index contributed by atoms with van der Waals surface area (Å²) in [4.78, 5) is 19.6. The molecule has 0 saturated carbocycles. The molecular formula is C17H19N9O. The molecule has 0 spiro atoms. The summed E-state index contributed by atoms with van der Waals surface area (Å²) in [5, 5.41) is 12.4. The molecule has 3 aromatic heterocycles. The molecule has 27 heavy (non-hydrogen) atoms. The standard InChI is InChI=1S/C17H19N9O/c1-27-16-11(7-18)8-22-17(24-16)23-12-3-2-5-25(10-12)14-15-21-9-13(19)26(15)6-4-20-14/h4,6,8-9,12H,2-3,5,10,19H2,1H3,(H,22,23,24). The van der Waals surface area contributed by atoms with Crippen molar-refractivity contribution < 1.29 is 4.74 Å². The number of ether oxygens (including phenoxy) is 1. The van der Waals surface area contributed by atoms with Crippen LogP contribution in [0.3, 0.4) is 0 Å². The van der Waals surface area contributed by atoms with Crippen molar-refractivity contribution in [2.45, 2.75) is 18.9 Å². The normalized spacial score (nSPS) is 16.9. The van der Waals surface area contributed by atoms with Crippen molar-refractivity contribution in [2.24, 2.45) is 0 Å². The monoisotopic (exact) mass is 365 g/mol. The number of aromatic nitrogens is 5. The van der Waals surface area contributed by atoms with E-state index in [-0.39, 0.29) is 11.9 Å². The number of hydrogen-bond acceptors (Lipinski definition) is 9. The zero-order valence-electron chi connectivity index (χ0n) is 14.8. The summed E-state index contributed by atoms with van der Waals surface area (Å²) in [6.07, 6.45) is 8.59. The number of imidazole rings is 1. The average molecular weight is 365 g/mol.